The van der Waals surface area contributed by atoms with E-state index in [0.29, 0.717) is 44.5 Å². The van der Waals surface area contributed by atoms with E-state index in [1.807, 2.05) is 31.2 Å². The fourth-order valence-corrected chi connectivity index (χ4v) is 2.82. The number of hydrogen-bond acceptors (Lipinski definition) is 6. The molecule has 144 valence electrons. The number of benzene rings is 1. The molecule has 1 saturated heterocycles. The molecule has 2 amide bonds. The Bertz CT molecular complexity index is 781. The topological polar surface area (TPSA) is 97.6 Å². The first kappa shape index (κ1) is 19.0. The van der Waals surface area contributed by atoms with Gasteiger partial charge in [0.05, 0.1) is 13.2 Å². The lowest BCUT2D eigenvalue weighted by atomic mass is 10.1. The summed E-state index contributed by atoms with van der Waals surface area (Å²) in [5.74, 6) is 0.513. The van der Waals surface area contributed by atoms with Crippen LogP contribution in [0.4, 0.5) is 0 Å². The third-order valence-electron chi connectivity index (χ3n) is 4.40. The predicted molar refractivity (Wildman–Crippen MR) is 97.8 cm³/mol. The maximum Gasteiger partial charge on any atom is 0.247 e. The fourth-order valence-electron chi connectivity index (χ4n) is 2.82. The van der Waals surface area contributed by atoms with Crippen molar-refractivity contribution in [3.63, 3.8) is 0 Å². The van der Waals surface area contributed by atoms with Crippen molar-refractivity contribution in [1.29, 1.82) is 0 Å². The van der Waals surface area contributed by atoms with Gasteiger partial charge in [-0.15, -0.1) is 10.2 Å². The molecule has 1 aliphatic rings. The van der Waals surface area contributed by atoms with Crippen molar-refractivity contribution in [2.45, 2.75) is 32.7 Å². The van der Waals surface area contributed by atoms with E-state index in [-0.39, 0.29) is 18.2 Å². The Kier molecular flexibility index (Phi) is 6.18. The highest BCUT2D eigenvalue weighted by Gasteiger charge is 2.23. The Morgan fingerprint density at radius 3 is 2.59 bits per heavy atom. The molecule has 2 aromatic rings. The maximum absolute atomic E-state index is 12.3. The highest BCUT2D eigenvalue weighted by Crippen LogP contribution is 2.18. The second-order valence-electron chi connectivity index (χ2n) is 6.59. The Hall–Kier alpha value is -2.74. The number of hydrogen-bond donors (Lipinski definition) is 1. The predicted octanol–water partition coefficient (Wildman–Crippen LogP) is 1.34. The Morgan fingerprint density at radius 1 is 1.19 bits per heavy atom. The van der Waals surface area contributed by atoms with Gasteiger partial charge in [-0.2, -0.15) is 0 Å². The van der Waals surface area contributed by atoms with Crippen molar-refractivity contribution >= 4 is 11.8 Å². The Morgan fingerprint density at radius 2 is 1.89 bits per heavy atom. The van der Waals surface area contributed by atoms with Gasteiger partial charge in [0.25, 0.3) is 0 Å². The highest BCUT2D eigenvalue weighted by molar-refractivity contribution is 5.87. The SMILES string of the molecule is Cc1ccc(-c2nnc(CCC(=O)NC(C)C(=O)N3CCOCC3)o2)cc1. The standard InChI is InChI=1S/C19H24N4O4/c1-13-3-5-15(6-4-13)18-22-21-17(27-18)8-7-16(24)20-14(2)19(25)23-9-11-26-12-10-23/h3-6,14H,7-12H2,1-2H3,(H,20,24). The lowest BCUT2D eigenvalue weighted by Gasteiger charge is -2.29. The van der Waals surface area contributed by atoms with Crippen molar-refractivity contribution in [3.8, 4) is 11.5 Å². The van der Waals surface area contributed by atoms with Gasteiger partial charge in [0.2, 0.25) is 23.6 Å². The first-order valence-corrected chi connectivity index (χ1v) is 9.08. The van der Waals surface area contributed by atoms with Gasteiger partial charge >= 0.3 is 0 Å². The second kappa shape index (κ2) is 8.77. The van der Waals surface area contributed by atoms with E-state index in [1.54, 1.807) is 11.8 Å². The first-order chi connectivity index (χ1) is 13.0. The summed E-state index contributed by atoms with van der Waals surface area (Å²) in [5, 5.41) is 10.7. The molecule has 0 radical (unpaired) electrons. The minimum atomic E-state index is -0.568. The molecule has 1 aliphatic heterocycles. The van der Waals surface area contributed by atoms with Crippen LogP contribution in [0.5, 0.6) is 0 Å². The molecule has 1 aromatic carbocycles. The van der Waals surface area contributed by atoms with Gasteiger partial charge in [-0.25, -0.2) is 0 Å². The van der Waals surface area contributed by atoms with Crippen LogP contribution >= 0.6 is 0 Å². The zero-order chi connectivity index (χ0) is 19.2. The van der Waals surface area contributed by atoms with E-state index in [9.17, 15) is 9.59 Å². The molecule has 0 bridgehead atoms. The minimum Gasteiger partial charge on any atom is -0.421 e. The third kappa shape index (κ3) is 5.13. The summed E-state index contributed by atoms with van der Waals surface area (Å²) in [4.78, 5) is 26.1. The number of nitrogens with zero attached hydrogens (tertiary/aromatic N) is 3. The zero-order valence-corrected chi connectivity index (χ0v) is 15.6. The molecule has 2 heterocycles. The van der Waals surface area contributed by atoms with Crippen LogP contribution in [0.25, 0.3) is 11.5 Å². The normalized spacial score (nSPS) is 15.4. The average Bonchev–Trinajstić information content (AvgIpc) is 3.16. The van der Waals surface area contributed by atoms with E-state index < -0.39 is 6.04 Å². The minimum absolute atomic E-state index is 0.0916. The van der Waals surface area contributed by atoms with Crippen LogP contribution in [0.15, 0.2) is 28.7 Å². The molecule has 0 spiro atoms. The molecular formula is C19H24N4O4. The number of aryl methyl sites for hydroxylation is 2. The smallest absolute Gasteiger partial charge is 0.247 e. The highest BCUT2D eigenvalue weighted by atomic mass is 16.5. The Labute approximate surface area is 157 Å². The van der Waals surface area contributed by atoms with Crippen LogP contribution in [-0.4, -0.2) is 59.3 Å². The van der Waals surface area contributed by atoms with Crippen molar-refractivity contribution in [1.82, 2.24) is 20.4 Å². The van der Waals surface area contributed by atoms with E-state index in [2.05, 4.69) is 15.5 Å². The number of ether oxygens (including phenoxy) is 1. The van der Waals surface area contributed by atoms with Gasteiger partial charge in [0.15, 0.2) is 0 Å². The summed E-state index contributed by atoms with van der Waals surface area (Å²) in [6.45, 7) is 5.88. The van der Waals surface area contributed by atoms with Gasteiger partial charge in [-0.05, 0) is 26.0 Å². The summed E-state index contributed by atoms with van der Waals surface area (Å²) in [5.41, 5.74) is 1.99. The summed E-state index contributed by atoms with van der Waals surface area (Å²) in [6, 6.07) is 7.21. The first-order valence-electron chi connectivity index (χ1n) is 9.08. The zero-order valence-electron chi connectivity index (χ0n) is 15.6. The van der Waals surface area contributed by atoms with Gasteiger partial charge in [0, 0.05) is 31.5 Å². The van der Waals surface area contributed by atoms with Crippen molar-refractivity contribution in [3.05, 3.63) is 35.7 Å². The van der Waals surface area contributed by atoms with E-state index in [0.717, 1.165) is 11.1 Å². The van der Waals surface area contributed by atoms with E-state index in [1.165, 1.54) is 0 Å². The molecule has 8 nitrogen and oxygen atoms in total. The Balaban J connectivity index is 1.47. The van der Waals surface area contributed by atoms with Gasteiger partial charge in [-0.3, -0.25) is 9.59 Å². The average molecular weight is 372 g/mol. The number of nitrogens with one attached hydrogen (secondary N) is 1. The number of carbonyl (C=O) groups excluding carboxylic acids is 2. The quantitative estimate of drug-likeness (QED) is 0.822. The molecule has 0 saturated carbocycles. The molecule has 1 N–H and O–H groups in total. The third-order valence-corrected chi connectivity index (χ3v) is 4.40. The lowest BCUT2D eigenvalue weighted by Crippen LogP contribution is -2.50. The molecule has 1 unspecified atom stereocenters. The van der Waals surface area contributed by atoms with Crippen LogP contribution in [0.3, 0.4) is 0 Å². The van der Waals surface area contributed by atoms with E-state index in [4.69, 9.17) is 9.15 Å². The summed E-state index contributed by atoms with van der Waals surface area (Å²) >= 11 is 0. The van der Waals surface area contributed by atoms with Crippen LogP contribution in [0, 0.1) is 6.92 Å². The van der Waals surface area contributed by atoms with Crippen LogP contribution < -0.4 is 5.32 Å². The molecule has 3 rings (SSSR count). The molecule has 0 aliphatic carbocycles. The molecule has 1 fully saturated rings. The number of aromatic nitrogens is 2. The summed E-state index contributed by atoms with van der Waals surface area (Å²) in [7, 11) is 0. The van der Waals surface area contributed by atoms with Crippen molar-refractivity contribution in [2.24, 2.45) is 0 Å². The maximum atomic E-state index is 12.3. The van der Waals surface area contributed by atoms with Crippen molar-refractivity contribution < 1.29 is 18.7 Å². The van der Waals surface area contributed by atoms with Crippen LogP contribution in [0.2, 0.25) is 0 Å². The molecular weight excluding hydrogens is 348 g/mol. The summed E-state index contributed by atoms with van der Waals surface area (Å²) in [6.07, 6.45) is 0.499. The van der Waals surface area contributed by atoms with Gasteiger partial charge in [0.1, 0.15) is 6.04 Å². The van der Waals surface area contributed by atoms with Crippen LogP contribution in [0.1, 0.15) is 24.8 Å². The molecule has 8 heteroatoms. The lowest BCUT2D eigenvalue weighted by molar-refractivity contribution is -0.139. The molecule has 27 heavy (non-hydrogen) atoms. The van der Waals surface area contributed by atoms with Crippen molar-refractivity contribution in [2.75, 3.05) is 26.3 Å². The number of amides is 2. The van der Waals surface area contributed by atoms with Gasteiger partial charge in [-0.1, -0.05) is 17.7 Å². The summed E-state index contributed by atoms with van der Waals surface area (Å²) < 4.78 is 10.8. The number of carbonyl (C=O) groups is 2. The molecule has 1 aromatic heterocycles. The number of morpholine rings is 1. The van der Waals surface area contributed by atoms with Crippen LogP contribution in [-0.2, 0) is 20.7 Å². The molecule has 1 atom stereocenters. The fraction of sp³-hybridized carbons (Fsp3) is 0.474. The monoisotopic (exact) mass is 372 g/mol. The van der Waals surface area contributed by atoms with E-state index >= 15 is 0 Å². The number of rotatable bonds is 6. The van der Waals surface area contributed by atoms with Gasteiger partial charge < -0.3 is 19.4 Å². The second-order valence-corrected chi connectivity index (χ2v) is 6.59. The largest absolute Gasteiger partial charge is 0.421 e.